The fraction of sp³-hybridized carbons (Fsp3) is 0.976. The Balaban J connectivity index is 1.06. The number of aldehydes is 1. The molecule has 6 saturated heterocycles. The van der Waals surface area contributed by atoms with Gasteiger partial charge in [0.05, 0.1) is 46.2 Å². The Hall–Kier alpha value is -1.73. The SMILES string of the molecule is O=CC(O)C(O)C(OC1OC(CO)C(OC2OC(CO)C(OC3OC(CO)C(OC4OC(CO)C(OC5OC(CO)C(OC6OC(CO)C(O)C(O)C6O)C(O)C5O)C(O)C4O)C(O)C3O)C(O)C2O)C(O)C1O)C(O)CO. The number of hydrogen-bond acceptors (Lipinski definition) is 36. The maximum Gasteiger partial charge on any atom is 0.187 e. The summed E-state index contributed by atoms with van der Waals surface area (Å²) in [5.41, 5.74) is 0. The molecule has 6 aliphatic rings. The zero-order valence-electron chi connectivity index (χ0n) is 40.8. The number of aliphatic hydroxyl groups excluding tert-OH is 23. The van der Waals surface area contributed by atoms with Crippen LogP contribution in [0.5, 0.6) is 0 Å². The van der Waals surface area contributed by atoms with Gasteiger partial charge in [-0.3, -0.25) is 0 Å². The Morgan fingerprint density at radius 3 is 0.833 bits per heavy atom. The average molecular weight is 1150 g/mol. The van der Waals surface area contributed by atoms with Gasteiger partial charge in [0.1, 0.15) is 171 Å². The van der Waals surface area contributed by atoms with Gasteiger partial charge in [-0.2, -0.15) is 0 Å². The molecule has 0 saturated carbocycles. The van der Waals surface area contributed by atoms with E-state index in [-0.39, 0.29) is 6.29 Å². The van der Waals surface area contributed by atoms with Gasteiger partial charge < -0.3 is 179 Å². The predicted molar refractivity (Wildman–Crippen MR) is 233 cm³/mol. The monoisotopic (exact) mass is 1150 g/mol. The molecule has 78 heavy (non-hydrogen) atoms. The van der Waals surface area contributed by atoms with E-state index >= 15 is 0 Å². The summed E-state index contributed by atoms with van der Waals surface area (Å²) in [6.07, 6.45) is -67.7. The zero-order valence-corrected chi connectivity index (χ0v) is 40.8. The number of carbonyl (C=O) groups excluding carboxylic acids is 1. The molecular formula is C42H72O36. The number of aliphatic hydroxyl groups is 23. The van der Waals surface area contributed by atoms with E-state index in [4.69, 9.17) is 56.8 Å². The maximum atomic E-state index is 11.3. The molecule has 23 N–H and O–H groups in total. The third-order valence-corrected chi connectivity index (χ3v) is 14.1. The van der Waals surface area contributed by atoms with Crippen LogP contribution in [0.15, 0.2) is 0 Å². The zero-order chi connectivity index (χ0) is 57.8. The number of ether oxygens (including phenoxy) is 12. The van der Waals surface area contributed by atoms with Crippen LogP contribution in [-0.2, 0) is 61.6 Å². The van der Waals surface area contributed by atoms with Crippen molar-refractivity contribution in [1.29, 1.82) is 0 Å². The molecule has 0 aliphatic carbocycles. The average Bonchev–Trinajstić information content (AvgIpc) is 3.44. The molecule has 0 bridgehead atoms. The summed E-state index contributed by atoms with van der Waals surface area (Å²) in [7, 11) is 0. The lowest BCUT2D eigenvalue weighted by Gasteiger charge is -2.50. The van der Waals surface area contributed by atoms with Crippen LogP contribution in [0.4, 0.5) is 0 Å². The van der Waals surface area contributed by atoms with Gasteiger partial charge in [0.15, 0.2) is 44.0 Å². The van der Waals surface area contributed by atoms with E-state index in [0.29, 0.717) is 0 Å². The normalized spacial score (nSPS) is 49.2. The fourth-order valence-corrected chi connectivity index (χ4v) is 9.55. The molecule has 0 aromatic carbocycles. The maximum absolute atomic E-state index is 11.3. The van der Waals surface area contributed by atoms with Gasteiger partial charge in [-0.15, -0.1) is 0 Å². The van der Waals surface area contributed by atoms with E-state index in [9.17, 15) is 122 Å². The van der Waals surface area contributed by atoms with Gasteiger partial charge in [0, 0.05) is 0 Å². The summed E-state index contributed by atoms with van der Waals surface area (Å²) >= 11 is 0. The van der Waals surface area contributed by atoms with E-state index in [1.807, 2.05) is 0 Å². The Morgan fingerprint density at radius 1 is 0.333 bits per heavy atom. The van der Waals surface area contributed by atoms with Crippen LogP contribution in [0.3, 0.4) is 0 Å². The van der Waals surface area contributed by atoms with Gasteiger partial charge in [-0.05, 0) is 0 Å². The highest BCUT2D eigenvalue weighted by Crippen LogP contribution is 2.37. The van der Waals surface area contributed by atoms with Crippen molar-refractivity contribution < 1.29 is 179 Å². The highest BCUT2D eigenvalue weighted by molar-refractivity contribution is 5.56. The van der Waals surface area contributed by atoms with E-state index in [1.54, 1.807) is 0 Å². The van der Waals surface area contributed by atoms with Crippen molar-refractivity contribution in [2.24, 2.45) is 0 Å². The summed E-state index contributed by atoms with van der Waals surface area (Å²) in [5, 5.41) is 242. The topological polar surface area (TPSA) is 593 Å². The smallest absolute Gasteiger partial charge is 0.187 e. The van der Waals surface area contributed by atoms with E-state index in [2.05, 4.69) is 0 Å². The van der Waals surface area contributed by atoms with Crippen LogP contribution < -0.4 is 0 Å². The third kappa shape index (κ3) is 13.8. The molecule has 34 atom stereocenters. The van der Waals surface area contributed by atoms with Crippen molar-refractivity contribution in [3.63, 3.8) is 0 Å². The van der Waals surface area contributed by atoms with Gasteiger partial charge in [-0.1, -0.05) is 0 Å². The molecule has 0 amide bonds. The molecule has 456 valence electrons. The quantitative estimate of drug-likeness (QED) is 0.0423. The van der Waals surface area contributed by atoms with Crippen LogP contribution >= 0.6 is 0 Å². The predicted octanol–water partition coefficient (Wildman–Crippen LogP) is -16.4. The summed E-state index contributed by atoms with van der Waals surface area (Å²) in [4.78, 5) is 11.1. The van der Waals surface area contributed by atoms with Crippen molar-refractivity contribution >= 4 is 6.29 Å². The molecule has 0 spiro atoms. The minimum Gasteiger partial charge on any atom is -0.394 e. The molecule has 6 fully saturated rings. The van der Waals surface area contributed by atoms with Crippen LogP contribution in [0, 0.1) is 0 Å². The molecule has 36 nitrogen and oxygen atoms in total. The highest BCUT2D eigenvalue weighted by atomic mass is 16.8. The van der Waals surface area contributed by atoms with Crippen molar-refractivity contribution in [1.82, 2.24) is 0 Å². The molecule has 36 heteroatoms. The summed E-state index contributed by atoms with van der Waals surface area (Å²) in [5.74, 6) is 0. The molecular weight excluding hydrogens is 1080 g/mol. The Labute approximate surface area is 439 Å². The first-order valence-corrected chi connectivity index (χ1v) is 24.4. The first-order valence-electron chi connectivity index (χ1n) is 24.4. The lowest BCUT2D eigenvalue weighted by molar-refractivity contribution is -0.397. The van der Waals surface area contributed by atoms with Crippen LogP contribution in [-0.4, -0.2) is 379 Å². The van der Waals surface area contributed by atoms with Gasteiger partial charge in [0.2, 0.25) is 0 Å². The second kappa shape index (κ2) is 28.7. The number of rotatable bonds is 23. The van der Waals surface area contributed by atoms with Gasteiger partial charge in [0.25, 0.3) is 0 Å². The van der Waals surface area contributed by atoms with Crippen molar-refractivity contribution in [2.45, 2.75) is 209 Å². The Morgan fingerprint density at radius 2 is 0.577 bits per heavy atom. The highest BCUT2D eigenvalue weighted by Gasteiger charge is 2.58. The molecule has 34 unspecified atom stereocenters. The standard InChI is InChI=1S/C42H72O36/c43-1-9(51)17(53)31(10(52)2-44)73-38-26(62)20(56)33(12(4-46)68-38)75-40-28(64)22(58)35(14(6-48)70-40)77-42-30(66)24(60)36(16(8-50)72-42)78-41-29(65)23(59)34(15(7-49)71-41)76-39-27(63)21(57)32(13(5-47)69-39)74-37-25(61)19(55)18(54)11(3-45)67-37/h1,9-42,44-66H,2-8H2. The number of carbonyl (C=O) groups is 1. The minimum absolute atomic E-state index is 0.133. The molecule has 6 heterocycles. The van der Waals surface area contributed by atoms with Crippen molar-refractivity contribution in [2.75, 3.05) is 46.2 Å². The van der Waals surface area contributed by atoms with E-state index in [1.165, 1.54) is 0 Å². The molecule has 0 aromatic heterocycles. The summed E-state index contributed by atoms with van der Waals surface area (Å²) < 4.78 is 66.5. The van der Waals surface area contributed by atoms with E-state index in [0.717, 1.165) is 0 Å². The largest absolute Gasteiger partial charge is 0.394 e. The van der Waals surface area contributed by atoms with Crippen LogP contribution in [0.1, 0.15) is 0 Å². The van der Waals surface area contributed by atoms with Crippen LogP contribution in [0.2, 0.25) is 0 Å². The lowest BCUT2D eigenvalue weighted by Crippen LogP contribution is -2.68. The summed E-state index contributed by atoms with van der Waals surface area (Å²) in [6, 6.07) is 0. The lowest BCUT2D eigenvalue weighted by atomic mass is 9.95. The first kappa shape index (κ1) is 65.4. The van der Waals surface area contributed by atoms with Gasteiger partial charge >= 0.3 is 0 Å². The molecule has 6 rings (SSSR count). The minimum atomic E-state index is -2.24. The second-order valence-electron chi connectivity index (χ2n) is 19.2. The van der Waals surface area contributed by atoms with Crippen LogP contribution in [0.25, 0.3) is 0 Å². The Bertz CT molecular complexity index is 1790. The molecule has 6 aliphatic heterocycles. The second-order valence-corrected chi connectivity index (χ2v) is 19.2. The fourth-order valence-electron chi connectivity index (χ4n) is 9.55. The third-order valence-electron chi connectivity index (χ3n) is 14.1. The van der Waals surface area contributed by atoms with Crippen molar-refractivity contribution in [3.8, 4) is 0 Å². The number of hydrogen-bond donors (Lipinski definition) is 23. The van der Waals surface area contributed by atoms with E-state index < -0.39 is 255 Å². The Kier molecular flexibility index (Phi) is 24.1. The van der Waals surface area contributed by atoms with Gasteiger partial charge in [-0.25, -0.2) is 0 Å². The summed E-state index contributed by atoms with van der Waals surface area (Å²) in [6.45, 7) is -7.20. The van der Waals surface area contributed by atoms with Crippen molar-refractivity contribution in [3.05, 3.63) is 0 Å². The molecule has 0 radical (unpaired) electrons. The molecule has 0 aromatic rings. The first-order chi connectivity index (χ1) is 37.0.